The molecule has 0 aliphatic rings. The van der Waals surface area contributed by atoms with Crippen LogP contribution < -0.4 is 15.4 Å². The number of anilines is 2. The van der Waals surface area contributed by atoms with Crippen LogP contribution in [0.1, 0.15) is 16.8 Å². The van der Waals surface area contributed by atoms with Crippen molar-refractivity contribution >= 4 is 17.4 Å². The van der Waals surface area contributed by atoms with Crippen molar-refractivity contribution in [3.63, 3.8) is 0 Å². The maximum Gasteiger partial charge on any atom is 0.252 e. The highest BCUT2D eigenvalue weighted by atomic mass is 16.5. The van der Waals surface area contributed by atoms with Crippen LogP contribution in [0.2, 0.25) is 0 Å². The van der Waals surface area contributed by atoms with Gasteiger partial charge in [0.25, 0.3) is 5.91 Å². The van der Waals surface area contributed by atoms with Gasteiger partial charge in [0.15, 0.2) is 0 Å². The normalized spacial score (nSPS) is 10.2. The van der Waals surface area contributed by atoms with E-state index in [0.29, 0.717) is 24.5 Å². The molecule has 23 heavy (non-hydrogen) atoms. The third kappa shape index (κ3) is 5.27. The average molecular weight is 315 g/mol. The Kier molecular flexibility index (Phi) is 6.38. The summed E-state index contributed by atoms with van der Waals surface area (Å²) in [6, 6.07) is 11.0. The van der Waals surface area contributed by atoms with Crippen molar-refractivity contribution in [2.24, 2.45) is 0 Å². The molecule has 0 fully saturated rings. The maximum atomic E-state index is 11.9. The summed E-state index contributed by atoms with van der Waals surface area (Å²) in [5, 5.41) is 5.99. The van der Waals surface area contributed by atoms with E-state index in [9.17, 15) is 4.79 Å². The average Bonchev–Trinajstić information content (AvgIpc) is 2.60. The number of hydrogen-bond donors (Lipinski definition) is 2. The van der Waals surface area contributed by atoms with E-state index in [4.69, 9.17) is 9.47 Å². The topological polar surface area (TPSA) is 72.5 Å². The predicted molar refractivity (Wildman–Crippen MR) is 89.3 cm³/mol. The van der Waals surface area contributed by atoms with Crippen LogP contribution in [0.3, 0.4) is 0 Å². The third-order valence-corrected chi connectivity index (χ3v) is 3.20. The van der Waals surface area contributed by atoms with Gasteiger partial charge in [0.05, 0.1) is 12.7 Å². The van der Waals surface area contributed by atoms with Crippen molar-refractivity contribution in [1.82, 2.24) is 10.3 Å². The van der Waals surface area contributed by atoms with E-state index < -0.39 is 0 Å². The molecule has 1 heterocycles. The van der Waals surface area contributed by atoms with Gasteiger partial charge in [-0.3, -0.25) is 4.79 Å². The lowest BCUT2D eigenvalue weighted by atomic mass is 10.2. The van der Waals surface area contributed by atoms with Crippen LogP contribution in [0.25, 0.3) is 0 Å². The van der Waals surface area contributed by atoms with Crippen LogP contribution in [0.5, 0.6) is 5.75 Å². The van der Waals surface area contributed by atoms with Gasteiger partial charge in [0.2, 0.25) is 0 Å². The molecule has 122 valence electrons. The first-order chi connectivity index (χ1) is 11.2. The van der Waals surface area contributed by atoms with Crippen molar-refractivity contribution in [2.75, 3.05) is 32.7 Å². The maximum absolute atomic E-state index is 11.9. The highest BCUT2D eigenvalue weighted by Crippen LogP contribution is 2.18. The van der Waals surface area contributed by atoms with E-state index in [1.54, 1.807) is 32.5 Å². The van der Waals surface area contributed by atoms with Crippen LogP contribution in [0, 0.1) is 0 Å². The smallest absolute Gasteiger partial charge is 0.252 e. The van der Waals surface area contributed by atoms with E-state index in [1.807, 2.05) is 24.3 Å². The van der Waals surface area contributed by atoms with Gasteiger partial charge in [-0.15, -0.1) is 0 Å². The molecule has 1 amide bonds. The molecular weight excluding hydrogens is 294 g/mol. The number of carbonyl (C=O) groups excluding carboxylic acids is 1. The second-order valence-corrected chi connectivity index (χ2v) is 4.89. The zero-order valence-corrected chi connectivity index (χ0v) is 13.3. The molecule has 0 unspecified atom stereocenters. The van der Waals surface area contributed by atoms with Crippen LogP contribution in [-0.4, -0.2) is 38.3 Å². The Morgan fingerprint density at radius 2 is 1.91 bits per heavy atom. The van der Waals surface area contributed by atoms with E-state index in [-0.39, 0.29) is 5.91 Å². The fourth-order valence-electron chi connectivity index (χ4n) is 1.94. The SMILES string of the molecule is COCCCNC(=O)c1ccc(Nc2ccc(OC)cc2)nc1. The van der Waals surface area contributed by atoms with Gasteiger partial charge in [-0.1, -0.05) is 0 Å². The number of methoxy groups -OCH3 is 2. The molecule has 0 radical (unpaired) electrons. The van der Waals surface area contributed by atoms with Crippen LogP contribution >= 0.6 is 0 Å². The van der Waals surface area contributed by atoms with E-state index in [2.05, 4.69) is 15.6 Å². The van der Waals surface area contributed by atoms with Gasteiger partial charge in [-0.25, -0.2) is 4.98 Å². The highest BCUT2D eigenvalue weighted by Gasteiger charge is 2.05. The molecule has 0 atom stereocenters. The second-order valence-electron chi connectivity index (χ2n) is 4.89. The van der Waals surface area contributed by atoms with Gasteiger partial charge in [0, 0.05) is 32.1 Å². The molecule has 0 spiro atoms. The molecule has 2 rings (SSSR count). The molecule has 2 aromatic rings. The molecule has 0 saturated carbocycles. The summed E-state index contributed by atoms with van der Waals surface area (Å²) in [7, 11) is 3.27. The summed E-state index contributed by atoms with van der Waals surface area (Å²) in [6.45, 7) is 1.21. The molecule has 2 N–H and O–H groups in total. The third-order valence-electron chi connectivity index (χ3n) is 3.20. The summed E-state index contributed by atoms with van der Waals surface area (Å²) in [5.41, 5.74) is 1.43. The summed E-state index contributed by atoms with van der Waals surface area (Å²) in [5.74, 6) is 1.33. The van der Waals surface area contributed by atoms with Gasteiger partial charge in [0.1, 0.15) is 11.6 Å². The predicted octanol–water partition coefficient (Wildman–Crippen LogP) is 2.60. The number of nitrogens with zero attached hydrogens (tertiary/aromatic N) is 1. The van der Waals surface area contributed by atoms with Crippen molar-refractivity contribution < 1.29 is 14.3 Å². The number of hydrogen-bond acceptors (Lipinski definition) is 5. The Morgan fingerprint density at radius 1 is 1.13 bits per heavy atom. The molecule has 0 bridgehead atoms. The first-order valence-corrected chi connectivity index (χ1v) is 7.37. The lowest BCUT2D eigenvalue weighted by Crippen LogP contribution is -2.25. The molecular formula is C17H21N3O3. The summed E-state index contributed by atoms with van der Waals surface area (Å²) >= 11 is 0. The highest BCUT2D eigenvalue weighted by molar-refractivity contribution is 5.94. The summed E-state index contributed by atoms with van der Waals surface area (Å²) in [6.07, 6.45) is 2.34. The monoisotopic (exact) mass is 315 g/mol. The van der Waals surface area contributed by atoms with E-state index >= 15 is 0 Å². The first-order valence-electron chi connectivity index (χ1n) is 7.37. The Bertz CT molecular complexity index is 612. The molecule has 0 aliphatic carbocycles. The zero-order chi connectivity index (χ0) is 16.5. The van der Waals surface area contributed by atoms with Gasteiger partial charge in [-0.05, 0) is 42.8 Å². The van der Waals surface area contributed by atoms with Gasteiger partial charge in [-0.2, -0.15) is 0 Å². The Morgan fingerprint density at radius 3 is 2.52 bits per heavy atom. The lowest BCUT2D eigenvalue weighted by molar-refractivity contribution is 0.0948. The standard InChI is InChI=1S/C17H21N3O3/c1-22-11-3-10-18-17(21)13-4-9-16(19-12-13)20-14-5-7-15(23-2)8-6-14/h4-9,12H,3,10-11H2,1-2H3,(H,18,21)(H,19,20). The summed E-state index contributed by atoms with van der Waals surface area (Å²) in [4.78, 5) is 16.2. The van der Waals surface area contributed by atoms with Crippen molar-refractivity contribution in [2.45, 2.75) is 6.42 Å². The molecule has 1 aromatic carbocycles. The zero-order valence-electron chi connectivity index (χ0n) is 13.3. The largest absolute Gasteiger partial charge is 0.497 e. The lowest BCUT2D eigenvalue weighted by Gasteiger charge is -2.08. The van der Waals surface area contributed by atoms with E-state index in [1.165, 1.54) is 0 Å². The number of nitrogens with one attached hydrogen (secondary N) is 2. The van der Waals surface area contributed by atoms with E-state index in [0.717, 1.165) is 17.9 Å². The Hall–Kier alpha value is -2.60. The molecule has 0 aliphatic heterocycles. The van der Waals surface area contributed by atoms with Gasteiger partial charge >= 0.3 is 0 Å². The summed E-state index contributed by atoms with van der Waals surface area (Å²) < 4.78 is 10.0. The number of ether oxygens (including phenoxy) is 2. The second kappa shape index (κ2) is 8.75. The molecule has 0 saturated heterocycles. The van der Waals surface area contributed by atoms with Crippen LogP contribution in [-0.2, 0) is 4.74 Å². The van der Waals surface area contributed by atoms with Crippen LogP contribution in [0.15, 0.2) is 42.6 Å². The number of benzene rings is 1. The Labute approximate surface area is 135 Å². The minimum atomic E-state index is -0.135. The first kappa shape index (κ1) is 16.8. The van der Waals surface area contributed by atoms with Gasteiger partial charge < -0.3 is 20.1 Å². The van der Waals surface area contributed by atoms with Crippen LogP contribution in [0.4, 0.5) is 11.5 Å². The van der Waals surface area contributed by atoms with Crippen molar-refractivity contribution in [1.29, 1.82) is 0 Å². The van der Waals surface area contributed by atoms with Crippen molar-refractivity contribution in [3.8, 4) is 5.75 Å². The molecule has 6 nitrogen and oxygen atoms in total. The number of rotatable bonds is 8. The quantitative estimate of drug-likeness (QED) is 0.733. The number of amides is 1. The molecule has 6 heteroatoms. The minimum Gasteiger partial charge on any atom is -0.497 e. The fraction of sp³-hybridized carbons (Fsp3) is 0.294. The minimum absolute atomic E-state index is 0.135. The number of aromatic nitrogens is 1. The number of carbonyl (C=O) groups is 1. The van der Waals surface area contributed by atoms with Crippen molar-refractivity contribution in [3.05, 3.63) is 48.2 Å². The Balaban J connectivity index is 1.89. The fourth-order valence-corrected chi connectivity index (χ4v) is 1.94. The number of pyridine rings is 1. The molecule has 1 aromatic heterocycles.